The number of carbonyl (C=O) groups is 1. The van der Waals surface area contributed by atoms with Crippen LogP contribution in [0.25, 0.3) is 6.08 Å². The van der Waals surface area contributed by atoms with Gasteiger partial charge in [-0.1, -0.05) is 48.0 Å². The van der Waals surface area contributed by atoms with Gasteiger partial charge in [0.2, 0.25) is 17.7 Å². The number of epoxide rings is 1. The summed E-state index contributed by atoms with van der Waals surface area (Å²) >= 11 is 5.92. The molecule has 1 fully saturated rings. The molecule has 2 aromatic rings. The molecule has 2 aliphatic rings. The van der Waals surface area contributed by atoms with Crippen molar-refractivity contribution in [3.63, 3.8) is 0 Å². The van der Waals surface area contributed by atoms with Crippen LogP contribution in [0.4, 0.5) is 0 Å². The number of fused-ring (bicyclic) bond motifs is 2. The lowest BCUT2D eigenvalue weighted by atomic mass is 9.93. The molecule has 21 heavy (non-hydrogen) atoms. The highest BCUT2D eigenvalue weighted by Crippen LogP contribution is 2.48. The third-order valence-corrected chi connectivity index (χ3v) is 3.93. The third-order valence-electron chi connectivity index (χ3n) is 3.70. The summed E-state index contributed by atoms with van der Waals surface area (Å²) in [7, 11) is 0. The highest BCUT2D eigenvalue weighted by Gasteiger charge is 2.66. The summed E-state index contributed by atoms with van der Waals surface area (Å²) in [6.45, 7) is 0. The topological polar surface area (TPSA) is 38.8 Å². The molecular weight excluding hydrogens is 288 g/mol. The highest BCUT2D eigenvalue weighted by atomic mass is 35.5. The number of halogens is 1. The number of hydrogen-bond acceptors (Lipinski definition) is 3. The van der Waals surface area contributed by atoms with Gasteiger partial charge in [-0.3, -0.25) is 4.79 Å². The Morgan fingerprint density at radius 1 is 1.14 bits per heavy atom. The molecule has 4 heteroatoms. The van der Waals surface area contributed by atoms with Gasteiger partial charge in [-0.05, 0) is 29.8 Å². The van der Waals surface area contributed by atoms with Crippen LogP contribution < -0.4 is 4.74 Å². The zero-order chi connectivity index (χ0) is 14.4. The summed E-state index contributed by atoms with van der Waals surface area (Å²) < 4.78 is 11.2. The Morgan fingerprint density at radius 3 is 2.76 bits per heavy atom. The number of ketones is 1. The summed E-state index contributed by atoms with van der Waals surface area (Å²) in [4.78, 5) is 12.6. The van der Waals surface area contributed by atoms with Crippen LogP contribution >= 0.6 is 11.6 Å². The Hall–Kier alpha value is -2.10. The Bertz CT molecular complexity index is 754. The number of carbonyl (C=O) groups excluding carboxylic acids is 1. The van der Waals surface area contributed by atoms with Crippen molar-refractivity contribution in [1.29, 1.82) is 0 Å². The van der Waals surface area contributed by atoms with E-state index in [-0.39, 0.29) is 5.78 Å². The first kappa shape index (κ1) is 12.6. The average molecular weight is 299 g/mol. The van der Waals surface area contributed by atoms with Crippen LogP contribution in [0, 0.1) is 0 Å². The maximum atomic E-state index is 12.6. The molecule has 0 aromatic heterocycles. The lowest BCUT2D eigenvalue weighted by Gasteiger charge is -2.17. The molecule has 104 valence electrons. The summed E-state index contributed by atoms with van der Waals surface area (Å²) in [6, 6.07) is 14.8. The second-order valence-corrected chi connectivity index (χ2v) is 5.51. The Balaban J connectivity index is 1.68. The van der Waals surface area contributed by atoms with Crippen molar-refractivity contribution in [2.24, 2.45) is 0 Å². The maximum Gasteiger partial charge on any atom is 0.242 e. The van der Waals surface area contributed by atoms with Gasteiger partial charge >= 0.3 is 0 Å². The van der Waals surface area contributed by atoms with Crippen molar-refractivity contribution in [2.45, 2.75) is 11.9 Å². The molecule has 0 bridgehead atoms. The quantitative estimate of drug-likeness (QED) is 0.793. The first-order valence-corrected chi connectivity index (χ1v) is 7.00. The zero-order valence-corrected chi connectivity index (χ0v) is 11.7. The van der Waals surface area contributed by atoms with Crippen LogP contribution in [0.5, 0.6) is 5.75 Å². The van der Waals surface area contributed by atoms with Gasteiger partial charge in [-0.2, -0.15) is 0 Å². The first-order chi connectivity index (χ1) is 10.2. The maximum absolute atomic E-state index is 12.6. The monoisotopic (exact) mass is 298 g/mol. The molecule has 0 spiro atoms. The Labute approximate surface area is 126 Å². The van der Waals surface area contributed by atoms with E-state index in [1.807, 2.05) is 36.4 Å². The largest absolute Gasteiger partial charge is 0.460 e. The molecule has 3 nitrogen and oxygen atoms in total. The fourth-order valence-corrected chi connectivity index (χ4v) is 2.66. The average Bonchev–Trinajstić information content (AvgIpc) is 3.21. The molecule has 2 aliphatic heterocycles. The molecule has 2 aromatic carbocycles. The highest BCUT2D eigenvalue weighted by molar-refractivity contribution is 6.31. The van der Waals surface area contributed by atoms with Gasteiger partial charge in [0.1, 0.15) is 5.75 Å². The lowest BCUT2D eigenvalue weighted by molar-refractivity contribution is 0.0902. The minimum atomic E-state index is -0.989. The van der Waals surface area contributed by atoms with Gasteiger partial charge in [0, 0.05) is 5.02 Å². The predicted molar refractivity (Wildman–Crippen MR) is 79.5 cm³/mol. The van der Waals surface area contributed by atoms with E-state index < -0.39 is 11.9 Å². The van der Waals surface area contributed by atoms with Gasteiger partial charge in [0.25, 0.3) is 0 Å². The first-order valence-electron chi connectivity index (χ1n) is 6.62. The number of hydrogen-bond donors (Lipinski definition) is 0. The van der Waals surface area contributed by atoms with Crippen LogP contribution in [0.1, 0.15) is 15.9 Å². The molecule has 2 atom stereocenters. The normalized spacial score (nSPS) is 26.1. The minimum absolute atomic E-state index is 0.0856. The zero-order valence-electron chi connectivity index (χ0n) is 11.0. The van der Waals surface area contributed by atoms with E-state index in [2.05, 4.69) is 0 Å². The second-order valence-electron chi connectivity index (χ2n) is 5.07. The fourth-order valence-electron chi connectivity index (χ4n) is 2.50. The minimum Gasteiger partial charge on any atom is -0.460 e. The van der Waals surface area contributed by atoms with Gasteiger partial charge in [0.15, 0.2) is 0 Å². The van der Waals surface area contributed by atoms with Crippen molar-refractivity contribution in [1.82, 2.24) is 0 Å². The summed E-state index contributed by atoms with van der Waals surface area (Å²) in [5.74, 6) is 0.399. The third kappa shape index (κ3) is 1.97. The van der Waals surface area contributed by atoms with Crippen LogP contribution in [0.3, 0.4) is 0 Å². The van der Waals surface area contributed by atoms with E-state index in [1.165, 1.54) is 0 Å². The molecule has 4 rings (SSSR count). The van der Waals surface area contributed by atoms with E-state index in [4.69, 9.17) is 21.1 Å². The van der Waals surface area contributed by atoms with Crippen LogP contribution in [0.15, 0.2) is 54.6 Å². The van der Waals surface area contributed by atoms with Crippen molar-refractivity contribution in [3.8, 4) is 5.75 Å². The van der Waals surface area contributed by atoms with E-state index in [0.29, 0.717) is 16.3 Å². The molecular formula is C17H11ClO3. The predicted octanol–water partition coefficient (Wildman–Crippen LogP) is 3.72. The molecule has 0 N–H and O–H groups in total. The summed E-state index contributed by atoms with van der Waals surface area (Å²) in [6.07, 6.45) is 3.09. The number of ether oxygens (including phenoxy) is 2. The van der Waals surface area contributed by atoms with Crippen LogP contribution in [-0.4, -0.2) is 17.7 Å². The number of Topliss-reactive ketones (excluding diaryl/α,β-unsaturated/α-hetero) is 1. The van der Waals surface area contributed by atoms with E-state index in [0.717, 1.165) is 5.56 Å². The van der Waals surface area contributed by atoms with Gasteiger partial charge in [-0.25, -0.2) is 0 Å². The fraction of sp³-hybridized carbons (Fsp3) is 0.118. The smallest absolute Gasteiger partial charge is 0.242 e. The van der Waals surface area contributed by atoms with Crippen molar-refractivity contribution >= 4 is 23.5 Å². The molecule has 0 aliphatic carbocycles. The lowest BCUT2D eigenvalue weighted by Crippen LogP contribution is -2.32. The standard InChI is InChI=1S/C17H11ClO3/c18-12-6-7-13-14(10-12)20-16-17(21-16,15(13)19)9-8-11-4-2-1-3-5-11/h1-10,16H/b9-8+. The van der Waals surface area contributed by atoms with E-state index in [1.54, 1.807) is 24.3 Å². The van der Waals surface area contributed by atoms with Crippen molar-refractivity contribution in [3.05, 3.63) is 70.8 Å². The Kier molecular flexibility index (Phi) is 2.67. The molecule has 0 amide bonds. The van der Waals surface area contributed by atoms with Crippen molar-refractivity contribution < 1.29 is 14.3 Å². The SMILES string of the molecule is O=C1c2ccc(Cl)cc2OC2OC12/C=C/c1ccccc1. The van der Waals surface area contributed by atoms with E-state index >= 15 is 0 Å². The van der Waals surface area contributed by atoms with E-state index in [9.17, 15) is 4.79 Å². The molecule has 1 saturated heterocycles. The summed E-state index contributed by atoms with van der Waals surface area (Å²) in [5, 5.41) is 0.537. The molecule has 2 heterocycles. The second kappa shape index (κ2) is 4.45. The molecule has 0 saturated carbocycles. The van der Waals surface area contributed by atoms with Gasteiger partial charge in [0.05, 0.1) is 5.56 Å². The summed E-state index contributed by atoms with van der Waals surface area (Å²) in [5.41, 5.74) is 0.526. The molecule has 2 unspecified atom stereocenters. The van der Waals surface area contributed by atoms with Crippen molar-refractivity contribution in [2.75, 3.05) is 0 Å². The van der Waals surface area contributed by atoms with Gasteiger partial charge in [-0.15, -0.1) is 0 Å². The van der Waals surface area contributed by atoms with Crippen LogP contribution in [-0.2, 0) is 4.74 Å². The van der Waals surface area contributed by atoms with Gasteiger partial charge < -0.3 is 9.47 Å². The number of rotatable bonds is 2. The van der Waals surface area contributed by atoms with Crippen LogP contribution in [0.2, 0.25) is 5.02 Å². The molecule has 0 radical (unpaired) electrons. The number of benzene rings is 2. The Morgan fingerprint density at radius 2 is 1.95 bits per heavy atom.